The van der Waals surface area contributed by atoms with Gasteiger partial charge in [0.15, 0.2) is 0 Å². The second-order valence-corrected chi connectivity index (χ2v) is 4.20. The second-order valence-electron chi connectivity index (χ2n) is 3.14. The number of nitrogens with zero attached hydrogens (tertiary/aromatic N) is 2. The van der Waals surface area contributed by atoms with E-state index in [1.807, 2.05) is 12.3 Å². The normalized spacial score (nSPS) is 10.2. The molecule has 0 radical (unpaired) electrons. The summed E-state index contributed by atoms with van der Waals surface area (Å²) >= 11 is 1.61. The van der Waals surface area contributed by atoms with Crippen molar-refractivity contribution in [3.63, 3.8) is 0 Å². The Hall–Kier alpha value is -0.940. The molecule has 0 spiro atoms. The molecule has 0 saturated carbocycles. The molecule has 14 heavy (non-hydrogen) atoms. The van der Waals surface area contributed by atoms with Gasteiger partial charge in [0.05, 0.1) is 23.8 Å². The molecule has 4 nitrogen and oxygen atoms in total. The topological polar surface area (TPSA) is 45.2 Å². The first-order valence-electron chi connectivity index (χ1n) is 4.43. The highest BCUT2D eigenvalue weighted by Crippen LogP contribution is 2.09. The summed E-state index contributed by atoms with van der Waals surface area (Å²) in [6.45, 7) is 2.92. The van der Waals surface area contributed by atoms with Crippen LogP contribution in [0.4, 0.5) is 0 Å². The van der Waals surface area contributed by atoms with Crippen molar-refractivity contribution in [2.75, 3.05) is 20.6 Å². The van der Waals surface area contributed by atoms with Crippen LogP contribution in [0.3, 0.4) is 0 Å². The third kappa shape index (κ3) is 3.08. The Morgan fingerprint density at radius 2 is 2.43 bits per heavy atom. The van der Waals surface area contributed by atoms with Crippen molar-refractivity contribution in [2.45, 2.75) is 13.5 Å². The fourth-order valence-electron chi connectivity index (χ4n) is 1.10. The molecular formula is C9H15N3OS. The van der Waals surface area contributed by atoms with Gasteiger partial charge in [0.1, 0.15) is 0 Å². The van der Waals surface area contributed by atoms with Gasteiger partial charge in [0.25, 0.3) is 0 Å². The summed E-state index contributed by atoms with van der Waals surface area (Å²) < 4.78 is 0. The first kappa shape index (κ1) is 11.1. The van der Waals surface area contributed by atoms with Gasteiger partial charge in [-0.3, -0.25) is 4.79 Å². The third-order valence-corrected chi connectivity index (χ3v) is 2.64. The number of carbonyl (C=O) groups excluding carboxylic acids is 1. The minimum atomic E-state index is 0.0816. The zero-order chi connectivity index (χ0) is 10.6. The molecule has 1 rings (SSSR count). The minimum absolute atomic E-state index is 0.0816. The van der Waals surface area contributed by atoms with Gasteiger partial charge in [0.2, 0.25) is 5.91 Å². The van der Waals surface area contributed by atoms with E-state index in [0.29, 0.717) is 13.1 Å². The van der Waals surface area contributed by atoms with Gasteiger partial charge in [-0.05, 0) is 14.0 Å². The number of amides is 1. The Bertz CT molecular complexity index is 311. The summed E-state index contributed by atoms with van der Waals surface area (Å²) in [6.07, 6.45) is 0. The average Bonchev–Trinajstić information content (AvgIpc) is 2.51. The van der Waals surface area contributed by atoms with Crippen LogP contribution >= 0.6 is 11.3 Å². The highest BCUT2D eigenvalue weighted by atomic mass is 32.1. The molecule has 1 amide bonds. The van der Waals surface area contributed by atoms with Crippen LogP contribution in [0, 0.1) is 6.92 Å². The predicted molar refractivity (Wildman–Crippen MR) is 57.3 cm³/mol. The van der Waals surface area contributed by atoms with Crippen LogP contribution in [0.2, 0.25) is 0 Å². The maximum atomic E-state index is 11.4. The number of nitrogens with one attached hydrogen (secondary N) is 1. The molecule has 0 aliphatic carbocycles. The number of rotatable bonds is 4. The van der Waals surface area contributed by atoms with E-state index in [1.54, 1.807) is 30.3 Å². The van der Waals surface area contributed by atoms with Crippen molar-refractivity contribution in [3.05, 3.63) is 16.1 Å². The molecule has 0 saturated heterocycles. The molecule has 78 valence electrons. The molecule has 0 aliphatic rings. The summed E-state index contributed by atoms with van der Waals surface area (Å²) in [5.41, 5.74) is 0.958. The summed E-state index contributed by atoms with van der Waals surface area (Å²) in [7, 11) is 3.55. The Morgan fingerprint density at radius 3 is 2.93 bits per heavy atom. The second kappa shape index (κ2) is 5.07. The Morgan fingerprint density at radius 1 is 1.71 bits per heavy atom. The van der Waals surface area contributed by atoms with Gasteiger partial charge >= 0.3 is 0 Å². The smallest absolute Gasteiger partial charge is 0.236 e. The van der Waals surface area contributed by atoms with Crippen molar-refractivity contribution < 1.29 is 4.79 Å². The first-order valence-corrected chi connectivity index (χ1v) is 5.31. The molecule has 0 aromatic carbocycles. The quantitative estimate of drug-likeness (QED) is 0.798. The molecular weight excluding hydrogens is 198 g/mol. The maximum absolute atomic E-state index is 11.4. The van der Waals surface area contributed by atoms with Gasteiger partial charge < -0.3 is 10.2 Å². The van der Waals surface area contributed by atoms with Crippen LogP contribution in [0.15, 0.2) is 5.38 Å². The molecule has 1 aromatic rings. The number of thiazole rings is 1. The summed E-state index contributed by atoms with van der Waals surface area (Å²) in [5, 5.41) is 5.85. The number of hydrogen-bond acceptors (Lipinski definition) is 4. The Balaban J connectivity index is 2.48. The average molecular weight is 213 g/mol. The lowest BCUT2D eigenvalue weighted by molar-refractivity contribution is -0.129. The van der Waals surface area contributed by atoms with Gasteiger partial charge in [-0.15, -0.1) is 11.3 Å². The first-order chi connectivity index (χ1) is 6.63. The fraction of sp³-hybridized carbons (Fsp3) is 0.556. The Labute approximate surface area is 88.0 Å². The van der Waals surface area contributed by atoms with E-state index >= 15 is 0 Å². The van der Waals surface area contributed by atoms with Crippen LogP contribution in [-0.2, 0) is 11.3 Å². The monoisotopic (exact) mass is 213 g/mol. The van der Waals surface area contributed by atoms with E-state index in [1.165, 1.54) is 0 Å². The molecule has 0 fully saturated rings. The van der Waals surface area contributed by atoms with Gasteiger partial charge in [-0.2, -0.15) is 0 Å². The van der Waals surface area contributed by atoms with Crippen LogP contribution in [0.1, 0.15) is 10.7 Å². The number of aryl methyl sites for hydroxylation is 1. The largest absolute Gasteiger partial charge is 0.339 e. The van der Waals surface area contributed by atoms with Crippen LogP contribution in [0.5, 0.6) is 0 Å². The van der Waals surface area contributed by atoms with Crippen molar-refractivity contribution in [3.8, 4) is 0 Å². The number of carbonyl (C=O) groups is 1. The maximum Gasteiger partial charge on any atom is 0.236 e. The summed E-state index contributed by atoms with van der Waals surface area (Å²) in [4.78, 5) is 17.4. The summed E-state index contributed by atoms with van der Waals surface area (Å²) in [5.74, 6) is 0.0816. The molecule has 1 N–H and O–H groups in total. The highest BCUT2D eigenvalue weighted by Gasteiger charge is 2.09. The minimum Gasteiger partial charge on any atom is -0.339 e. The molecule has 0 aliphatic heterocycles. The van der Waals surface area contributed by atoms with E-state index in [4.69, 9.17) is 0 Å². The molecule has 1 heterocycles. The number of hydrogen-bond donors (Lipinski definition) is 1. The van der Waals surface area contributed by atoms with Crippen LogP contribution in [0.25, 0.3) is 0 Å². The summed E-state index contributed by atoms with van der Waals surface area (Å²) in [6, 6.07) is 0. The number of aromatic nitrogens is 1. The van der Waals surface area contributed by atoms with E-state index in [9.17, 15) is 4.79 Å². The predicted octanol–water partition coefficient (Wildman–Crippen LogP) is 0.629. The number of likely N-dealkylation sites (N-methyl/N-ethyl adjacent to an activating group) is 2. The Kier molecular flexibility index (Phi) is 4.03. The SMILES string of the molecule is CNCC(=O)N(C)Cc1csc(C)n1. The standard InChI is InChI=1S/C9H15N3OS/c1-7-11-8(6-14-7)5-12(3)9(13)4-10-2/h6,10H,4-5H2,1-3H3. The molecule has 1 aromatic heterocycles. The van der Waals surface area contributed by atoms with E-state index in [2.05, 4.69) is 10.3 Å². The lowest BCUT2D eigenvalue weighted by Crippen LogP contribution is -2.33. The highest BCUT2D eigenvalue weighted by molar-refractivity contribution is 7.09. The lowest BCUT2D eigenvalue weighted by atomic mass is 10.4. The van der Waals surface area contributed by atoms with E-state index in [-0.39, 0.29) is 5.91 Å². The van der Waals surface area contributed by atoms with Gasteiger partial charge in [-0.1, -0.05) is 0 Å². The molecule has 0 unspecified atom stereocenters. The van der Waals surface area contributed by atoms with Gasteiger partial charge in [0, 0.05) is 12.4 Å². The van der Waals surface area contributed by atoms with Crippen molar-refractivity contribution in [1.29, 1.82) is 0 Å². The molecule has 5 heteroatoms. The van der Waals surface area contributed by atoms with Crippen LogP contribution in [-0.4, -0.2) is 36.4 Å². The van der Waals surface area contributed by atoms with E-state index in [0.717, 1.165) is 10.7 Å². The van der Waals surface area contributed by atoms with Gasteiger partial charge in [-0.25, -0.2) is 4.98 Å². The van der Waals surface area contributed by atoms with Crippen molar-refractivity contribution >= 4 is 17.2 Å². The molecule has 0 atom stereocenters. The van der Waals surface area contributed by atoms with Crippen molar-refractivity contribution in [1.82, 2.24) is 15.2 Å². The lowest BCUT2D eigenvalue weighted by Gasteiger charge is -2.15. The zero-order valence-electron chi connectivity index (χ0n) is 8.70. The molecule has 0 bridgehead atoms. The van der Waals surface area contributed by atoms with Crippen molar-refractivity contribution in [2.24, 2.45) is 0 Å². The zero-order valence-corrected chi connectivity index (χ0v) is 9.52. The fourth-order valence-corrected chi connectivity index (χ4v) is 1.70. The third-order valence-electron chi connectivity index (χ3n) is 1.82. The van der Waals surface area contributed by atoms with Crippen LogP contribution < -0.4 is 5.32 Å². The van der Waals surface area contributed by atoms with E-state index < -0.39 is 0 Å².